The molecular weight excluding hydrogens is 558 g/mol. The lowest BCUT2D eigenvalue weighted by atomic mass is 10.1. The van der Waals surface area contributed by atoms with Crippen LogP contribution >= 0.6 is 0 Å². The molecule has 0 spiro atoms. The molecule has 0 aromatic carbocycles. The highest BCUT2D eigenvalue weighted by Crippen LogP contribution is 2.12. The molecule has 0 aliphatic rings. The number of hydrogen-bond acceptors (Lipinski definition) is 8. The fourth-order valence-corrected chi connectivity index (χ4v) is 4.74. The van der Waals surface area contributed by atoms with Crippen LogP contribution < -0.4 is 17.2 Å². The molecule has 2 atom stereocenters. The first-order valence-electron chi connectivity index (χ1n) is 18.1. The maximum Gasteiger partial charge on any atom is 0.322 e. The van der Waals surface area contributed by atoms with Gasteiger partial charge < -0.3 is 31.8 Å². The maximum atomic E-state index is 12.0. The fraction of sp³-hybridized carbons (Fsp3) is 0.914. The molecule has 0 heterocycles. The highest BCUT2D eigenvalue weighted by atomic mass is 16.5. The molecule has 7 N–H and O–H groups in total. The van der Waals surface area contributed by atoms with Gasteiger partial charge in [0.25, 0.3) is 0 Å². The first-order valence-corrected chi connectivity index (χ1v) is 18.1. The number of ether oxygens (including phenoxy) is 2. The molecule has 0 aliphatic carbocycles. The largest absolute Gasteiger partial charge is 0.480 e. The quantitative estimate of drug-likeness (QED) is 0.0447. The normalized spacial score (nSPS) is 12.2. The molecule has 0 fully saturated rings. The van der Waals surface area contributed by atoms with Crippen LogP contribution in [0.25, 0.3) is 0 Å². The first kappa shape index (κ1) is 44.4. The van der Waals surface area contributed by atoms with Crippen molar-refractivity contribution in [2.75, 3.05) is 19.8 Å². The summed E-state index contributed by atoms with van der Waals surface area (Å²) < 4.78 is 10.5. The standard InChI is InChI=1S/C29H57NO4.C6H14N2O2/c1-3-5-7-9-11-13-15-17-19-21-25-33-28(31)24-23-27(30)29(32)34-26-22-20-18-16-14-12-10-8-6-4-2;7-4-2-1-3-5(8)6(9)10/h27H,3-26,30H2,1-2H3;5H,1-4,7-8H2,(H,9,10)/t27-;5-/m00/s1. The average molecular weight is 630 g/mol. The van der Waals surface area contributed by atoms with Crippen molar-refractivity contribution in [1.82, 2.24) is 0 Å². The van der Waals surface area contributed by atoms with Crippen molar-refractivity contribution in [2.45, 2.75) is 186 Å². The number of carbonyl (C=O) groups excluding carboxylic acids is 2. The van der Waals surface area contributed by atoms with E-state index >= 15 is 0 Å². The van der Waals surface area contributed by atoms with Crippen molar-refractivity contribution < 1.29 is 29.0 Å². The number of carboxylic acid groups (broad SMARTS) is 1. The number of nitrogens with two attached hydrogens (primary N) is 3. The van der Waals surface area contributed by atoms with E-state index < -0.39 is 24.0 Å². The Bertz CT molecular complexity index is 650. The Balaban J connectivity index is 0. The number of hydrogen-bond donors (Lipinski definition) is 4. The summed E-state index contributed by atoms with van der Waals surface area (Å²) in [5.74, 6) is -1.61. The molecule has 0 aromatic rings. The summed E-state index contributed by atoms with van der Waals surface area (Å²) >= 11 is 0. The van der Waals surface area contributed by atoms with E-state index in [1.54, 1.807) is 0 Å². The third kappa shape index (κ3) is 34.8. The molecule has 0 aliphatic heterocycles. The minimum atomic E-state index is -0.933. The van der Waals surface area contributed by atoms with Gasteiger partial charge in [0.2, 0.25) is 0 Å². The van der Waals surface area contributed by atoms with Gasteiger partial charge >= 0.3 is 17.9 Å². The Labute approximate surface area is 270 Å². The van der Waals surface area contributed by atoms with Gasteiger partial charge in [0.15, 0.2) is 0 Å². The zero-order valence-corrected chi connectivity index (χ0v) is 28.7. The van der Waals surface area contributed by atoms with Crippen LogP contribution in [0.1, 0.15) is 174 Å². The Kier molecular flexibility index (Phi) is 36.1. The lowest BCUT2D eigenvalue weighted by Crippen LogP contribution is -2.33. The molecule has 0 bridgehead atoms. The number of unbranched alkanes of at least 4 members (excludes halogenated alkanes) is 19. The molecule has 262 valence electrons. The van der Waals surface area contributed by atoms with Crippen LogP contribution in [0.2, 0.25) is 0 Å². The molecule has 0 saturated carbocycles. The summed E-state index contributed by atoms with van der Waals surface area (Å²) in [5, 5.41) is 8.33. The van der Waals surface area contributed by atoms with E-state index in [2.05, 4.69) is 13.8 Å². The van der Waals surface area contributed by atoms with Gasteiger partial charge in [-0.2, -0.15) is 0 Å². The molecule has 0 amide bonds. The van der Waals surface area contributed by atoms with Crippen LogP contribution in [-0.4, -0.2) is 54.9 Å². The van der Waals surface area contributed by atoms with Gasteiger partial charge in [0, 0.05) is 6.42 Å². The highest BCUT2D eigenvalue weighted by Gasteiger charge is 2.17. The number of carboxylic acids is 1. The van der Waals surface area contributed by atoms with Gasteiger partial charge in [-0.25, -0.2) is 0 Å². The maximum absolute atomic E-state index is 12.0. The number of aliphatic carboxylic acids is 1. The monoisotopic (exact) mass is 630 g/mol. The summed E-state index contributed by atoms with van der Waals surface area (Å²) in [5.41, 5.74) is 16.3. The second-order valence-corrected chi connectivity index (χ2v) is 12.1. The summed E-state index contributed by atoms with van der Waals surface area (Å²) in [4.78, 5) is 34.0. The Morgan fingerprint density at radius 1 is 0.545 bits per heavy atom. The minimum absolute atomic E-state index is 0.173. The SMILES string of the molecule is CCCCCCCCCCCCOC(=O)CC[C@H](N)C(=O)OCCCCCCCCCCCC.NCCCC[C@H](N)C(=O)O. The second kappa shape index (κ2) is 35.8. The topological polar surface area (TPSA) is 168 Å². The molecule has 0 radical (unpaired) electrons. The Hall–Kier alpha value is -1.71. The highest BCUT2D eigenvalue weighted by molar-refractivity contribution is 5.77. The van der Waals surface area contributed by atoms with Crippen LogP contribution in [0.4, 0.5) is 0 Å². The van der Waals surface area contributed by atoms with Gasteiger partial charge in [-0.1, -0.05) is 136 Å². The summed E-state index contributed by atoms with van der Waals surface area (Å²) in [6.07, 6.45) is 27.6. The minimum Gasteiger partial charge on any atom is -0.480 e. The second-order valence-electron chi connectivity index (χ2n) is 12.1. The molecule has 0 unspecified atom stereocenters. The van der Waals surface area contributed by atoms with Crippen LogP contribution in [0.15, 0.2) is 0 Å². The van der Waals surface area contributed by atoms with Crippen LogP contribution in [0.5, 0.6) is 0 Å². The molecule has 0 saturated heterocycles. The average Bonchev–Trinajstić information content (AvgIpc) is 3.01. The third-order valence-electron chi connectivity index (χ3n) is 7.75. The van der Waals surface area contributed by atoms with E-state index in [9.17, 15) is 14.4 Å². The molecule has 0 rings (SSSR count). The van der Waals surface area contributed by atoms with Gasteiger partial charge in [-0.15, -0.1) is 0 Å². The van der Waals surface area contributed by atoms with Crippen LogP contribution in [-0.2, 0) is 23.9 Å². The van der Waals surface area contributed by atoms with E-state index in [4.69, 9.17) is 31.8 Å². The Morgan fingerprint density at radius 3 is 1.36 bits per heavy atom. The summed E-state index contributed by atoms with van der Waals surface area (Å²) in [6.45, 7) is 5.98. The summed E-state index contributed by atoms with van der Waals surface area (Å²) in [6, 6.07) is -1.46. The smallest absolute Gasteiger partial charge is 0.322 e. The number of rotatable bonds is 31. The van der Waals surface area contributed by atoms with Crippen LogP contribution in [0.3, 0.4) is 0 Å². The van der Waals surface area contributed by atoms with Crippen LogP contribution in [0, 0.1) is 0 Å². The van der Waals surface area contributed by atoms with Gasteiger partial charge in [-0.05, 0) is 38.6 Å². The van der Waals surface area contributed by atoms with Crippen molar-refractivity contribution in [3.63, 3.8) is 0 Å². The lowest BCUT2D eigenvalue weighted by molar-refractivity contribution is -0.147. The fourth-order valence-electron chi connectivity index (χ4n) is 4.74. The first-order chi connectivity index (χ1) is 21.3. The zero-order valence-electron chi connectivity index (χ0n) is 28.7. The lowest BCUT2D eigenvalue weighted by Gasteiger charge is -2.11. The number of carbonyl (C=O) groups is 3. The van der Waals surface area contributed by atoms with Gasteiger partial charge in [-0.3, -0.25) is 14.4 Å². The van der Waals surface area contributed by atoms with E-state index in [1.165, 1.54) is 103 Å². The van der Waals surface area contributed by atoms with Crippen molar-refractivity contribution in [3.8, 4) is 0 Å². The van der Waals surface area contributed by atoms with E-state index in [1.807, 2.05) is 0 Å². The van der Waals surface area contributed by atoms with E-state index in [0.29, 0.717) is 26.2 Å². The van der Waals surface area contributed by atoms with Crippen molar-refractivity contribution in [2.24, 2.45) is 17.2 Å². The molecule has 9 heteroatoms. The molecular formula is C35H71N3O6. The molecule has 0 aromatic heterocycles. The number of esters is 2. The zero-order chi connectivity index (χ0) is 33.1. The molecule has 9 nitrogen and oxygen atoms in total. The van der Waals surface area contributed by atoms with E-state index in [-0.39, 0.29) is 18.8 Å². The van der Waals surface area contributed by atoms with Gasteiger partial charge in [0.1, 0.15) is 12.1 Å². The van der Waals surface area contributed by atoms with Crippen molar-refractivity contribution in [3.05, 3.63) is 0 Å². The van der Waals surface area contributed by atoms with Crippen molar-refractivity contribution >= 4 is 17.9 Å². The predicted molar refractivity (Wildman–Crippen MR) is 181 cm³/mol. The third-order valence-corrected chi connectivity index (χ3v) is 7.75. The molecule has 44 heavy (non-hydrogen) atoms. The summed E-state index contributed by atoms with van der Waals surface area (Å²) in [7, 11) is 0. The van der Waals surface area contributed by atoms with Gasteiger partial charge in [0.05, 0.1) is 13.2 Å². The Morgan fingerprint density at radius 2 is 0.955 bits per heavy atom. The van der Waals surface area contributed by atoms with E-state index in [0.717, 1.165) is 38.5 Å². The predicted octanol–water partition coefficient (Wildman–Crippen LogP) is 7.55. The van der Waals surface area contributed by atoms with Crippen molar-refractivity contribution in [1.29, 1.82) is 0 Å².